The summed E-state index contributed by atoms with van der Waals surface area (Å²) in [5, 5.41) is 1.91. The Bertz CT molecular complexity index is 1120. The van der Waals surface area contributed by atoms with E-state index < -0.39 is 25.9 Å². The highest BCUT2D eigenvalue weighted by Crippen LogP contribution is 2.25. The molecular weight excluding hydrogens is 460 g/mol. The first-order valence-corrected chi connectivity index (χ1v) is 14.1. The molecule has 1 atom stereocenters. The Morgan fingerprint density at radius 2 is 1.87 bits per heavy atom. The molecule has 2 saturated heterocycles. The summed E-state index contributed by atoms with van der Waals surface area (Å²) in [5.41, 5.74) is 0.335. The van der Waals surface area contributed by atoms with Crippen molar-refractivity contribution in [2.24, 2.45) is 0 Å². The maximum absolute atomic E-state index is 13.3. The van der Waals surface area contributed by atoms with Gasteiger partial charge in [-0.05, 0) is 42.1 Å². The number of rotatable bonds is 6. The average molecular weight is 485 g/mol. The predicted molar refractivity (Wildman–Crippen MR) is 117 cm³/mol. The molecule has 3 heterocycles. The van der Waals surface area contributed by atoms with E-state index >= 15 is 0 Å². The largest absolute Gasteiger partial charge is 0.379 e. The van der Waals surface area contributed by atoms with Crippen molar-refractivity contribution in [1.29, 1.82) is 0 Å². The van der Waals surface area contributed by atoms with E-state index in [2.05, 4.69) is 0 Å². The number of hydrogen-bond donors (Lipinski definition) is 0. The maximum atomic E-state index is 13.3. The van der Waals surface area contributed by atoms with Crippen molar-refractivity contribution in [2.45, 2.75) is 23.9 Å². The first-order chi connectivity index (χ1) is 14.8. The molecule has 0 bridgehead atoms. The number of sulfonamides is 1. The number of carbonyl (C=O) groups excluding carboxylic acids is 1. The molecule has 0 aliphatic carbocycles. The minimum absolute atomic E-state index is 0.0480. The lowest BCUT2D eigenvalue weighted by molar-refractivity contribution is 0.0683. The Balaban J connectivity index is 1.56. The summed E-state index contributed by atoms with van der Waals surface area (Å²) in [6, 6.07) is 9.28. The molecule has 168 valence electrons. The van der Waals surface area contributed by atoms with Gasteiger partial charge in [0.1, 0.15) is 0 Å². The highest BCUT2D eigenvalue weighted by Gasteiger charge is 2.35. The third kappa shape index (κ3) is 5.01. The highest BCUT2D eigenvalue weighted by molar-refractivity contribution is 7.91. The van der Waals surface area contributed by atoms with Crippen LogP contribution in [0.3, 0.4) is 0 Å². The number of thiophene rings is 1. The minimum Gasteiger partial charge on any atom is -0.379 e. The van der Waals surface area contributed by atoms with Gasteiger partial charge in [-0.15, -0.1) is 11.3 Å². The standard InChI is InChI=1S/C20H24N2O6S3/c23-20(22(14-18-2-1-12-29-18)17-7-13-30(24,25)15-17)16-3-5-19(6-4-16)31(26,27)21-8-10-28-11-9-21/h1-6,12,17H,7-11,13-15H2/t17-/m0/s1. The first kappa shape index (κ1) is 22.4. The molecule has 2 fully saturated rings. The molecular formula is C20H24N2O6S3. The van der Waals surface area contributed by atoms with Crippen molar-refractivity contribution in [1.82, 2.24) is 9.21 Å². The quantitative estimate of drug-likeness (QED) is 0.617. The molecule has 0 radical (unpaired) electrons. The van der Waals surface area contributed by atoms with Gasteiger partial charge in [0, 0.05) is 29.6 Å². The maximum Gasteiger partial charge on any atom is 0.254 e. The van der Waals surface area contributed by atoms with E-state index in [4.69, 9.17) is 4.74 Å². The molecule has 1 aromatic carbocycles. The molecule has 2 aliphatic rings. The van der Waals surface area contributed by atoms with Gasteiger partial charge >= 0.3 is 0 Å². The van der Waals surface area contributed by atoms with Gasteiger partial charge in [0.2, 0.25) is 10.0 Å². The van der Waals surface area contributed by atoms with Crippen LogP contribution in [0.1, 0.15) is 21.7 Å². The van der Waals surface area contributed by atoms with Crippen LogP contribution in [0.15, 0.2) is 46.7 Å². The molecule has 1 aromatic heterocycles. The summed E-state index contributed by atoms with van der Waals surface area (Å²) >= 11 is 1.51. The van der Waals surface area contributed by atoms with E-state index in [1.807, 2.05) is 17.5 Å². The van der Waals surface area contributed by atoms with Gasteiger partial charge in [-0.3, -0.25) is 4.79 Å². The molecule has 0 N–H and O–H groups in total. The fourth-order valence-electron chi connectivity index (χ4n) is 3.83. The zero-order chi connectivity index (χ0) is 22.1. The normalized spacial score (nSPS) is 21.7. The minimum atomic E-state index is -3.65. The lowest BCUT2D eigenvalue weighted by atomic mass is 10.1. The van der Waals surface area contributed by atoms with Crippen LogP contribution in [0.4, 0.5) is 0 Å². The van der Waals surface area contributed by atoms with Crippen molar-refractivity contribution in [3.8, 4) is 0 Å². The molecule has 1 amide bonds. The summed E-state index contributed by atoms with van der Waals surface area (Å²) in [7, 11) is -6.81. The third-order valence-corrected chi connectivity index (χ3v) is 10.0. The number of morpholine rings is 1. The first-order valence-electron chi connectivity index (χ1n) is 9.98. The molecule has 0 saturated carbocycles. The molecule has 0 unspecified atom stereocenters. The Kier molecular flexibility index (Phi) is 6.50. The summed E-state index contributed by atoms with van der Waals surface area (Å²) in [6.45, 7) is 1.64. The van der Waals surface area contributed by atoms with Gasteiger partial charge in [0.25, 0.3) is 5.91 Å². The van der Waals surface area contributed by atoms with E-state index in [0.717, 1.165) is 4.88 Å². The Morgan fingerprint density at radius 3 is 2.45 bits per heavy atom. The zero-order valence-electron chi connectivity index (χ0n) is 16.8. The SMILES string of the molecule is O=C(c1ccc(S(=O)(=O)N2CCOCC2)cc1)N(Cc1cccs1)[C@H]1CCS(=O)(=O)C1. The second kappa shape index (κ2) is 8.99. The Hall–Kier alpha value is -1.79. The highest BCUT2D eigenvalue weighted by atomic mass is 32.2. The van der Waals surface area contributed by atoms with E-state index in [1.165, 1.54) is 39.9 Å². The van der Waals surface area contributed by atoms with Crippen molar-refractivity contribution >= 4 is 37.1 Å². The number of nitrogens with zero attached hydrogens (tertiary/aromatic N) is 2. The molecule has 0 spiro atoms. The van der Waals surface area contributed by atoms with Crippen LogP contribution in [0.2, 0.25) is 0 Å². The van der Waals surface area contributed by atoms with Crippen molar-refractivity contribution in [3.05, 3.63) is 52.2 Å². The van der Waals surface area contributed by atoms with Crippen molar-refractivity contribution < 1.29 is 26.4 Å². The van der Waals surface area contributed by atoms with Crippen LogP contribution in [0, 0.1) is 0 Å². The zero-order valence-corrected chi connectivity index (χ0v) is 19.3. The molecule has 31 heavy (non-hydrogen) atoms. The number of carbonyl (C=O) groups is 1. The summed E-state index contributed by atoms with van der Waals surface area (Å²) < 4.78 is 56.2. The second-order valence-corrected chi connectivity index (χ2v) is 12.8. The van der Waals surface area contributed by atoms with Crippen molar-refractivity contribution in [3.63, 3.8) is 0 Å². The molecule has 4 rings (SSSR count). The van der Waals surface area contributed by atoms with E-state index in [0.29, 0.717) is 44.8 Å². The van der Waals surface area contributed by atoms with Gasteiger partial charge in [-0.1, -0.05) is 6.07 Å². The molecule has 2 aliphatic heterocycles. The van der Waals surface area contributed by atoms with Crippen LogP contribution < -0.4 is 0 Å². The molecule has 11 heteroatoms. The Labute approximate surface area is 186 Å². The van der Waals surface area contributed by atoms with Crippen LogP contribution >= 0.6 is 11.3 Å². The predicted octanol–water partition coefficient (Wildman–Crippen LogP) is 1.60. The number of sulfone groups is 1. The van der Waals surface area contributed by atoms with Crippen LogP contribution in [0.25, 0.3) is 0 Å². The number of hydrogen-bond acceptors (Lipinski definition) is 7. The van der Waals surface area contributed by atoms with Gasteiger partial charge in [0.15, 0.2) is 9.84 Å². The lowest BCUT2D eigenvalue weighted by Crippen LogP contribution is -2.41. The monoisotopic (exact) mass is 484 g/mol. The summed E-state index contributed by atoms with van der Waals surface area (Å²) in [4.78, 5) is 16.0. The van der Waals surface area contributed by atoms with Gasteiger partial charge in [-0.2, -0.15) is 4.31 Å². The molecule has 2 aromatic rings. The fourth-order valence-corrected chi connectivity index (χ4v) is 7.67. The van der Waals surface area contributed by atoms with Crippen LogP contribution in [-0.4, -0.2) is 75.8 Å². The average Bonchev–Trinajstić information content (AvgIpc) is 3.41. The Morgan fingerprint density at radius 1 is 1.16 bits per heavy atom. The van der Waals surface area contributed by atoms with E-state index in [1.54, 1.807) is 4.90 Å². The number of amides is 1. The van der Waals surface area contributed by atoms with Gasteiger partial charge in [0.05, 0.1) is 36.2 Å². The van der Waals surface area contributed by atoms with Gasteiger partial charge in [-0.25, -0.2) is 16.8 Å². The van der Waals surface area contributed by atoms with E-state index in [-0.39, 0.29) is 22.3 Å². The van der Waals surface area contributed by atoms with Crippen LogP contribution in [0.5, 0.6) is 0 Å². The summed E-state index contributed by atoms with van der Waals surface area (Å²) in [6.07, 6.45) is 0.406. The molecule has 8 nitrogen and oxygen atoms in total. The number of ether oxygens (including phenoxy) is 1. The third-order valence-electron chi connectivity index (χ3n) is 5.53. The van der Waals surface area contributed by atoms with E-state index in [9.17, 15) is 21.6 Å². The van der Waals surface area contributed by atoms with Gasteiger partial charge < -0.3 is 9.64 Å². The van der Waals surface area contributed by atoms with Crippen LogP contribution in [-0.2, 0) is 31.1 Å². The smallest absolute Gasteiger partial charge is 0.254 e. The number of benzene rings is 1. The fraction of sp³-hybridized carbons (Fsp3) is 0.450. The second-order valence-electron chi connectivity index (χ2n) is 7.61. The topological polar surface area (TPSA) is 101 Å². The lowest BCUT2D eigenvalue weighted by Gasteiger charge is -2.28. The summed E-state index contributed by atoms with van der Waals surface area (Å²) in [5.74, 6) is -0.276. The van der Waals surface area contributed by atoms with Crippen molar-refractivity contribution in [2.75, 3.05) is 37.8 Å².